The smallest absolute Gasteiger partial charge is 0.0132 e. The Kier molecular flexibility index (Phi) is 3.15. The highest BCUT2D eigenvalue weighted by Crippen LogP contribution is 2.24. The summed E-state index contributed by atoms with van der Waals surface area (Å²) in [5.41, 5.74) is 4.33. The molecule has 0 aromatic heterocycles. The van der Waals surface area contributed by atoms with Crippen molar-refractivity contribution in [1.29, 1.82) is 0 Å². The lowest BCUT2D eigenvalue weighted by Crippen LogP contribution is -2.11. The predicted octanol–water partition coefficient (Wildman–Crippen LogP) is 4.33. The van der Waals surface area contributed by atoms with Gasteiger partial charge in [-0.1, -0.05) is 51.1 Å². The van der Waals surface area contributed by atoms with Gasteiger partial charge in [0.25, 0.3) is 0 Å². The third kappa shape index (κ3) is 2.47. The molecule has 0 fully saturated rings. The normalized spacial score (nSPS) is 12.4. The molecule has 0 saturated carbocycles. The van der Waals surface area contributed by atoms with Gasteiger partial charge in [0.1, 0.15) is 0 Å². The van der Waals surface area contributed by atoms with Crippen LogP contribution >= 0.6 is 0 Å². The van der Waals surface area contributed by atoms with Crippen molar-refractivity contribution in [1.82, 2.24) is 0 Å². The highest BCUT2D eigenvalue weighted by atomic mass is 14.2. The minimum absolute atomic E-state index is 0.249. The maximum absolute atomic E-state index is 2.29. The highest BCUT2D eigenvalue weighted by molar-refractivity contribution is 5.54. The van der Waals surface area contributed by atoms with Crippen molar-refractivity contribution in [3.05, 3.63) is 41.0 Å². The van der Waals surface area contributed by atoms with E-state index in [9.17, 15) is 0 Å². The van der Waals surface area contributed by atoms with E-state index < -0.39 is 0 Å². The van der Waals surface area contributed by atoms with Crippen molar-refractivity contribution in [3.8, 4) is 0 Å². The van der Waals surface area contributed by atoms with Gasteiger partial charge in [-0.05, 0) is 36.0 Å². The standard InChI is InChI=1S/C14H20/c1-6-7-12-8-9-13(10-11(12)2)14(3,4)5/h6-10H,1-5H3/b7-6+. The van der Waals surface area contributed by atoms with E-state index in [-0.39, 0.29) is 5.41 Å². The second-order valence-corrected chi connectivity index (χ2v) is 4.82. The average molecular weight is 188 g/mol. The minimum Gasteiger partial charge on any atom is -0.0871 e. The zero-order chi connectivity index (χ0) is 10.8. The van der Waals surface area contributed by atoms with Crippen molar-refractivity contribution in [2.75, 3.05) is 0 Å². The maximum Gasteiger partial charge on any atom is -0.0132 e. The van der Waals surface area contributed by atoms with Crippen LogP contribution in [0.1, 0.15) is 44.4 Å². The molecule has 0 amide bonds. The van der Waals surface area contributed by atoms with Gasteiger partial charge in [-0.2, -0.15) is 0 Å². The number of aryl methyl sites for hydroxylation is 1. The fourth-order valence-corrected chi connectivity index (χ4v) is 1.51. The van der Waals surface area contributed by atoms with E-state index >= 15 is 0 Å². The van der Waals surface area contributed by atoms with Crippen molar-refractivity contribution >= 4 is 6.08 Å². The molecule has 0 bridgehead atoms. The molecule has 0 heteroatoms. The van der Waals surface area contributed by atoms with Crippen molar-refractivity contribution in [3.63, 3.8) is 0 Å². The summed E-state index contributed by atoms with van der Waals surface area (Å²) in [6.07, 6.45) is 4.24. The van der Waals surface area contributed by atoms with E-state index in [1.807, 2.05) is 0 Å². The first kappa shape index (κ1) is 11.0. The van der Waals surface area contributed by atoms with Crippen molar-refractivity contribution in [2.45, 2.75) is 40.0 Å². The van der Waals surface area contributed by atoms with E-state index in [0.717, 1.165) is 0 Å². The lowest BCUT2D eigenvalue weighted by Gasteiger charge is -2.20. The summed E-state index contributed by atoms with van der Waals surface area (Å²) < 4.78 is 0. The van der Waals surface area contributed by atoms with Crippen LogP contribution in [-0.2, 0) is 5.41 Å². The Morgan fingerprint density at radius 2 is 1.79 bits per heavy atom. The highest BCUT2D eigenvalue weighted by Gasteiger charge is 2.13. The summed E-state index contributed by atoms with van der Waals surface area (Å²) in [7, 11) is 0. The van der Waals surface area contributed by atoms with E-state index in [4.69, 9.17) is 0 Å². The van der Waals surface area contributed by atoms with Crippen LogP contribution < -0.4 is 0 Å². The second kappa shape index (κ2) is 4.00. The number of allylic oxidation sites excluding steroid dienone is 1. The van der Waals surface area contributed by atoms with Crippen LogP contribution in [0.3, 0.4) is 0 Å². The Hall–Kier alpha value is -1.04. The fourth-order valence-electron chi connectivity index (χ4n) is 1.51. The van der Waals surface area contributed by atoms with Crippen LogP contribution in [-0.4, -0.2) is 0 Å². The van der Waals surface area contributed by atoms with E-state index in [2.05, 4.69) is 65.0 Å². The van der Waals surface area contributed by atoms with Crippen LogP contribution in [0.4, 0.5) is 0 Å². The molecule has 1 rings (SSSR count). The lowest BCUT2D eigenvalue weighted by molar-refractivity contribution is 0.589. The molecule has 1 aromatic carbocycles. The SMILES string of the molecule is C/C=C/c1ccc(C(C)(C)C)cc1C. The molecular weight excluding hydrogens is 168 g/mol. The Balaban J connectivity index is 3.13. The molecule has 0 aliphatic rings. The third-order valence-corrected chi connectivity index (χ3v) is 2.48. The molecule has 0 N–H and O–H groups in total. The first-order valence-electron chi connectivity index (χ1n) is 5.19. The Bertz CT molecular complexity index is 338. The van der Waals surface area contributed by atoms with Crippen LogP contribution in [0.5, 0.6) is 0 Å². The van der Waals surface area contributed by atoms with Crippen LogP contribution in [0.25, 0.3) is 6.08 Å². The maximum atomic E-state index is 2.29. The van der Waals surface area contributed by atoms with E-state index in [1.54, 1.807) is 0 Å². The Morgan fingerprint density at radius 1 is 1.14 bits per heavy atom. The van der Waals surface area contributed by atoms with Gasteiger partial charge in [-0.15, -0.1) is 0 Å². The molecule has 0 atom stereocenters. The van der Waals surface area contributed by atoms with Crippen molar-refractivity contribution < 1.29 is 0 Å². The van der Waals surface area contributed by atoms with Gasteiger partial charge in [0.05, 0.1) is 0 Å². The van der Waals surface area contributed by atoms with Crippen molar-refractivity contribution in [2.24, 2.45) is 0 Å². The average Bonchev–Trinajstić information content (AvgIpc) is 2.07. The minimum atomic E-state index is 0.249. The van der Waals surface area contributed by atoms with Crippen LogP contribution in [0.15, 0.2) is 24.3 Å². The summed E-state index contributed by atoms with van der Waals surface area (Å²) >= 11 is 0. The first-order chi connectivity index (χ1) is 6.45. The Morgan fingerprint density at radius 3 is 2.21 bits per heavy atom. The topological polar surface area (TPSA) is 0 Å². The lowest BCUT2D eigenvalue weighted by atomic mass is 9.85. The molecular formula is C14H20. The monoisotopic (exact) mass is 188 g/mol. The molecule has 0 saturated heterocycles. The van der Waals surface area contributed by atoms with Gasteiger partial charge in [0.15, 0.2) is 0 Å². The van der Waals surface area contributed by atoms with Gasteiger partial charge in [0.2, 0.25) is 0 Å². The molecule has 0 aliphatic heterocycles. The van der Waals surface area contributed by atoms with Gasteiger partial charge < -0.3 is 0 Å². The fraction of sp³-hybridized carbons (Fsp3) is 0.429. The molecule has 0 heterocycles. The molecule has 0 nitrogen and oxygen atoms in total. The molecule has 0 unspecified atom stereocenters. The quantitative estimate of drug-likeness (QED) is 0.615. The zero-order valence-electron chi connectivity index (χ0n) is 9.89. The van der Waals surface area contributed by atoms with Gasteiger partial charge in [-0.3, -0.25) is 0 Å². The van der Waals surface area contributed by atoms with Gasteiger partial charge >= 0.3 is 0 Å². The van der Waals surface area contributed by atoms with Gasteiger partial charge in [-0.25, -0.2) is 0 Å². The number of rotatable bonds is 1. The largest absolute Gasteiger partial charge is 0.0871 e. The first-order valence-corrected chi connectivity index (χ1v) is 5.19. The summed E-state index contributed by atoms with van der Waals surface area (Å²) in [6.45, 7) is 11.0. The third-order valence-electron chi connectivity index (χ3n) is 2.48. The molecule has 0 radical (unpaired) electrons. The predicted molar refractivity (Wildman–Crippen MR) is 64.6 cm³/mol. The molecule has 0 aliphatic carbocycles. The molecule has 1 aromatic rings. The summed E-state index contributed by atoms with van der Waals surface area (Å²) in [5.74, 6) is 0. The summed E-state index contributed by atoms with van der Waals surface area (Å²) in [5, 5.41) is 0. The molecule has 0 spiro atoms. The van der Waals surface area contributed by atoms with Crippen LogP contribution in [0, 0.1) is 6.92 Å². The van der Waals surface area contributed by atoms with E-state index in [1.165, 1.54) is 16.7 Å². The van der Waals surface area contributed by atoms with Gasteiger partial charge in [0, 0.05) is 0 Å². The number of hydrogen-bond donors (Lipinski definition) is 0. The Labute approximate surface area is 87.7 Å². The molecule has 14 heavy (non-hydrogen) atoms. The second-order valence-electron chi connectivity index (χ2n) is 4.82. The number of hydrogen-bond acceptors (Lipinski definition) is 0. The van der Waals surface area contributed by atoms with E-state index in [0.29, 0.717) is 0 Å². The van der Waals surface area contributed by atoms with Crippen LogP contribution in [0.2, 0.25) is 0 Å². The summed E-state index contributed by atoms with van der Waals surface area (Å²) in [4.78, 5) is 0. The summed E-state index contributed by atoms with van der Waals surface area (Å²) in [6, 6.07) is 6.72. The number of benzene rings is 1. The molecule has 76 valence electrons. The zero-order valence-corrected chi connectivity index (χ0v) is 9.89.